The van der Waals surface area contributed by atoms with E-state index in [4.69, 9.17) is 21.3 Å². The maximum atomic E-state index is 14.8. The molecule has 1 saturated carbocycles. The van der Waals surface area contributed by atoms with E-state index in [1.165, 1.54) is 0 Å². The summed E-state index contributed by atoms with van der Waals surface area (Å²) < 4.78 is 6.14. The molecule has 2 N–H and O–H groups in total. The summed E-state index contributed by atoms with van der Waals surface area (Å²) in [4.78, 5) is 35.2. The van der Waals surface area contributed by atoms with Crippen molar-refractivity contribution in [3.63, 3.8) is 0 Å². The number of tetrazole rings is 1. The van der Waals surface area contributed by atoms with Gasteiger partial charge in [-0.15, -0.1) is 10.2 Å². The summed E-state index contributed by atoms with van der Waals surface area (Å²) in [6, 6.07) is 12.9. The van der Waals surface area contributed by atoms with Gasteiger partial charge < -0.3 is 15.0 Å². The topological polar surface area (TPSA) is 125 Å². The number of amides is 2. The van der Waals surface area contributed by atoms with E-state index >= 15 is 0 Å². The zero-order chi connectivity index (χ0) is 34.9. The number of nitrogens with zero attached hydrogens (tertiary/aromatic N) is 5. The summed E-state index contributed by atoms with van der Waals surface area (Å²) in [6.07, 6.45) is 4.29. The van der Waals surface area contributed by atoms with Crippen LogP contribution in [-0.4, -0.2) is 55.3 Å². The minimum atomic E-state index is -0.679. The fraction of sp³-hybridized carbons (Fsp3) is 0.568. The first-order chi connectivity index (χ1) is 22.6. The number of ether oxygens (including phenoxy) is 1. The van der Waals surface area contributed by atoms with E-state index in [1.807, 2.05) is 36.4 Å². The van der Waals surface area contributed by atoms with Crippen LogP contribution in [0, 0.1) is 22.7 Å². The first-order valence-electron chi connectivity index (χ1n) is 17.0. The van der Waals surface area contributed by atoms with Crippen molar-refractivity contribution in [2.45, 2.75) is 106 Å². The van der Waals surface area contributed by atoms with Gasteiger partial charge in [0.25, 0.3) is 11.8 Å². The van der Waals surface area contributed by atoms with Gasteiger partial charge in [0.15, 0.2) is 5.82 Å². The second kappa shape index (κ2) is 14.0. The van der Waals surface area contributed by atoms with E-state index < -0.39 is 5.66 Å². The van der Waals surface area contributed by atoms with Gasteiger partial charge >= 0.3 is 0 Å². The maximum absolute atomic E-state index is 14.8. The van der Waals surface area contributed by atoms with Crippen molar-refractivity contribution in [1.29, 1.82) is 0 Å². The van der Waals surface area contributed by atoms with Crippen LogP contribution in [0.3, 0.4) is 0 Å². The molecule has 1 aliphatic carbocycles. The fourth-order valence-corrected chi connectivity index (χ4v) is 7.06. The number of H-pyrrole nitrogens is 1. The second-order valence-electron chi connectivity index (χ2n) is 16.0. The molecule has 5 rings (SSSR count). The molecule has 1 fully saturated rings. The maximum Gasteiger partial charge on any atom is 0.275 e. The summed E-state index contributed by atoms with van der Waals surface area (Å²) in [5, 5.41) is 17.1. The molecule has 1 aliphatic heterocycles. The predicted molar refractivity (Wildman–Crippen MR) is 188 cm³/mol. The molecule has 3 aromatic rings. The van der Waals surface area contributed by atoms with Crippen LogP contribution >= 0.6 is 11.6 Å². The molecule has 3 unspecified atom stereocenters. The van der Waals surface area contributed by atoms with Crippen LogP contribution in [0.2, 0.25) is 5.02 Å². The monoisotopic (exact) mass is 675 g/mol. The molecule has 11 heteroatoms. The number of hydrogen-bond acceptors (Lipinski definition) is 7. The van der Waals surface area contributed by atoms with E-state index in [-0.39, 0.29) is 41.1 Å². The molecule has 258 valence electrons. The van der Waals surface area contributed by atoms with Crippen molar-refractivity contribution in [2.24, 2.45) is 27.7 Å². The predicted octanol–water partition coefficient (Wildman–Crippen LogP) is 7.56. The molecule has 10 nitrogen and oxygen atoms in total. The number of aliphatic imine (C=N–C) groups is 1. The number of halogens is 1. The van der Waals surface area contributed by atoms with Crippen molar-refractivity contribution in [3.8, 4) is 5.75 Å². The van der Waals surface area contributed by atoms with Gasteiger partial charge in [0, 0.05) is 17.0 Å². The van der Waals surface area contributed by atoms with Gasteiger partial charge in [0.05, 0.1) is 24.2 Å². The SMILES string of the molecule is CC1CC(C)C2(C1)N=C(c1ccc(Cl)c(OCCC(C)(C)C)c1)C(=O)N2[C@H](CCC(C)(C)C)c1ccc(C(=O)NCc2nn[nH]n2)cc1. The highest BCUT2D eigenvalue weighted by molar-refractivity contribution is 6.47. The van der Waals surface area contributed by atoms with E-state index in [0.717, 1.165) is 37.7 Å². The third-order valence-corrected chi connectivity index (χ3v) is 9.80. The average molecular weight is 676 g/mol. The molecular weight excluding hydrogens is 626 g/mol. The summed E-state index contributed by atoms with van der Waals surface area (Å²) in [6.45, 7) is 18.4. The number of benzene rings is 2. The standard InChI is InChI=1S/C37H50ClN7O3/c1-23-19-24(2)37(21-23)40-32(27-13-14-28(38)30(20-27)48-18-17-36(6,7)8)34(47)45(37)29(15-16-35(3,4)5)25-9-11-26(12-10-25)33(46)39-22-31-41-43-44-42-31/h9-14,20,23-24,29H,15-19,21-22H2,1-8H3,(H,39,46)(H,41,42,43,44)/t23?,24?,29-,37?/m1/s1. The summed E-state index contributed by atoms with van der Waals surface area (Å²) in [5.41, 5.74) is 2.15. The van der Waals surface area contributed by atoms with Gasteiger partial charge in [-0.1, -0.05) is 90.4 Å². The number of carbonyl (C=O) groups excluding carboxylic acids is 2. The van der Waals surface area contributed by atoms with Gasteiger partial charge in [0.2, 0.25) is 0 Å². The third-order valence-electron chi connectivity index (χ3n) is 9.49. The number of nitrogens with one attached hydrogen (secondary N) is 2. The zero-order valence-corrected chi connectivity index (χ0v) is 30.3. The van der Waals surface area contributed by atoms with Crippen LogP contribution in [0.25, 0.3) is 0 Å². The van der Waals surface area contributed by atoms with Crippen LogP contribution in [0.5, 0.6) is 5.75 Å². The van der Waals surface area contributed by atoms with Crippen LogP contribution in [-0.2, 0) is 11.3 Å². The molecular formula is C37H50ClN7O3. The van der Waals surface area contributed by atoms with E-state index in [2.05, 4.69) is 86.2 Å². The molecule has 2 aromatic carbocycles. The number of carbonyl (C=O) groups is 2. The van der Waals surface area contributed by atoms with Gasteiger partial charge in [-0.05, 0) is 78.7 Å². The number of aromatic amines is 1. The Hall–Kier alpha value is -3.79. The quantitative estimate of drug-likeness (QED) is 0.216. The molecule has 2 aliphatic rings. The van der Waals surface area contributed by atoms with E-state index in [0.29, 0.717) is 46.0 Å². The number of hydrogen-bond donors (Lipinski definition) is 2. The lowest BCUT2D eigenvalue weighted by Crippen LogP contribution is -2.50. The van der Waals surface area contributed by atoms with Crippen LogP contribution in [0.15, 0.2) is 47.5 Å². The first kappa shape index (κ1) is 35.5. The Bertz CT molecular complexity index is 1630. The van der Waals surface area contributed by atoms with Crippen LogP contribution in [0.4, 0.5) is 0 Å². The van der Waals surface area contributed by atoms with Crippen molar-refractivity contribution in [3.05, 3.63) is 70.0 Å². The Labute approximate surface area is 289 Å². The second-order valence-corrected chi connectivity index (χ2v) is 16.4. The lowest BCUT2D eigenvalue weighted by atomic mass is 9.85. The molecule has 4 atom stereocenters. The summed E-state index contributed by atoms with van der Waals surface area (Å²) >= 11 is 6.58. The minimum Gasteiger partial charge on any atom is -0.492 e. The minimum absolute atomic E-state index is 0.0525. The molecule has 0 bridgehead atoms. The molecule has 2 heterocycles. The zero-order valence-electron chi connectivity index (χ0n) is 29.6. The molecule has 1 spiro atoms. The Morgan fingerprint density at radius 1 is 1.08 bits per heavy atom. The van der Waals surface area contributed by atoms with Crippen molar-refractivity contribution in [2.75, 3.05) is 6.61 Å². The third kappa shape index (κ3) is 8.08. The normalized spacial score (nSPS) is 21.9. The molecule has 1 aromatic heterocycles. The summed E-state index contributed by atoms with van der Waals surface area (Å²) in [7, 11) is 0. The van der Waals surface area contributed by atoms with Gasteiger partial charge in [0.1, 0.15) is 17.1 Å². The van der Waals surface area contributed by atoms with Crippen molar-refractivity contribution in [1.82, 2.24) is 30.8 Å². The van der Waals surface area contributed by atoms with Gasteiger partial charge in [-0.2, -0.15) is 5.21 Å². The molecule has 48 heavy (non-hydrogen) atoms. The lowest BCUT2D eigenvalue weighted by molar-refractivity contribution is -0.133. The number of aromatic nitrogens is 4. The van der Waals surface area contributed by atoms with Crippen LogP contribution in [0.1, 0.15) is 121 Å². The summed E-state index contributed by atoms with van der Waals surface area (Å²) in [5.74, 6) is 1.22. The largest absolute Gasteiger partial charge is 0.492 e. The highest BCUT2D eigenvalue weighted by Crippen LogP contribution is 2.52. The Kier molecular flexibility index (Phi) is 10.3. The Morgan fingerprint density at radius 3 is 2.40 bits per heavy atom. The van der Waals surface area contributed by atoms with Crippen molar-refractivity contribution >= 4 is 29.1 Å². The Morgan fingerprint density at radius 2 is 1.79 bits per heavy atom. The van der Waals surface area contributed by atoms with Crippen LogP contribution < -0.4 is 10.1 Å². The first-order valence-corrected chi connectivity index (χ1v) is 17.4. The molecule has 0 radical (unpaired) electrons. The Balaban J connectivity index is 1.49. The smallest absolute Gasteiger partial charge is 0.275 e. The molecule has 0 saturated heterocycles. The average Bonchev–Trinajstić information content (AvgIpc) is 3.70. The van der Waals surface area contributed by atoms with Gasteiger partial charge in [-0.3, -0.25) is 14.6 Å². The number of rotatable bonds is 11. The molecule has 2 amide bonds. The fourth-order valence-electron chi connectivity index (χ4n) is 6.88. The van der Waals surface area contributed by atoms with Gasteiger partial charge in [-0.25, -0.2) is 0 Å². The highest BCUT2D eigenvalue weighted by Gasteiger charge is 2.57. The van der Waals surface area contributed by atoms with E-state index in [9.17, 15) is 9.59 Å². The highest BCUT2D eigenvalue weighted by atomic mass is 35.5. The lowest BCUT2D eigenvalue weighted by Gasteiger charge is -2.43. The van der Waals surface area contributed by atoms with Crippen molar-refractivity contribution < 1.29 is 14.3 Å². The van der Waals surface area contributed by atoms with E-state index in [1.54, 1.807) is 6.07 Å².